The molecule has 5 nitrogen and oxygen atoms in total. The fraction of sp³-hybridized carbons (Fsp3) is 0.478. The molecule has 3 heterocycles. The summed E-state index contributed by atoms with van der Waals surface area (Å²) < 4.78 is 0. The molecule has 28 heavy (non-hydrogen) atoms. The van der Waals surface area contributed by atoms with Crippen molar-refractivity contribution in [2.24, 2.45) is 5.41 Å². The summed E-state index contributed by atoms with van der Waals surface area (Å²) >= 11 is 0. The number of likely N-dealkylation sites (tertiary alicyclic amines) is 1. The largest absolute Gasteiger partial charge is 0.353 e. The Morgan fingerprint density at radius 2 is 1.96 bits per heavy atom. The van der Waals surface area contributed by atoms with Gasteiger partial charge in [-0.05, 0) is 62.1 Å². The van der Waals surface area contributed by atoms with Gasteiger partial charge in [-0.3, -0.25) is 9.89 Å². The molecule has 0 radical (unpaired) electrons. The van der Waals surface area contributed by atoms with Crippen LogP contribution in [-0.4, -0.2) is 39.1 Å². The van der Waals surface area contributed by atoms with Crippen molar-refractivity contribution in [1.82, 2.24) is 20.1 Å². The van der Waals surface area contributed by atoms with Gasteiger partial charge in [0.1, 0.15) is 5.69 Å². The molecular formula is C23H28N4O. The van der Waals surface area contributed by atoms with Crippen molar-refractivity contribution in [3.8, 4) is 11.4 Å². The zero-order valence-electron chi connectivity index (χ0n) is 16.8. The van der Waals surface area contributed by atoms with E-state index in [4.69, 9.17) is 0 Å². The van der Waals surface area contributed by atoms with E-state index in [-0.39, 0.29) is 5.91 Å². The minimum absolute atomic E-state index is 0.150. The minimum atomic E-state index is 0.150. The van der Waals surface area contributed by atoms with E-state index in [1.54, 1.807) is 0 Å². The van der Waals surface area contributed by atoms with E-state index in [1.807, 2.05) is 17.0 Å². The zero-order chi connectivity index (χ0) is 19.3. The molecule has 0 saturated carbocycles. The molecule has 146 valence electrons. The minimum Gasteiger partial charge on any atom is -0.353 e. The quantitative estimate of drug-likeness (QED) is 0.681. The topological polar surface area (TPSA) is 64.8 Å². The van der Waals surface area contributed by atoms with Gasteiger partial charge in [0.25, 0.3) is 5.91 Å². The molecule has 1 aromatic carbocycles. The Labute approximate surface area is 165 Å². The molecule has 1 saturated heterocycles. The molecule has 1 aliphatic heterocycles. The molecular weight excluding hydrogens is 348 g/mol. The lowest BCUT2D eigenvalue weighted by Gasteiger charge is -2.28. The van der Waals surface area contributed by atoms with Crippen LogP contribution in [0.2, 0.25) is 0 Å². The molecule has 2 aliphatic rings. The van der Waals surface area contributed by atoms with E-state index in [0.717, 1.165) is 66.6 Å². The summed E-state index contributed by atoms with van der Waals surface area (Å²) in [6.07, 6.45) is 6.74. The maximum Gasteiger partial charge on any atom is 0.253 e. The highest BCUT2D eigenvalue weighted by atomic mass is 16.2. The van der Waals surface area contributed by atoms with E-state index in [2.05, 4.69) is 41.2 Å². The number of H-pyrrole nitrogens is 2. The second-order valence-corrected chi connectivity index (χ2v) is 9.21. The third-order valence-electron chi connectivity index (χ3n) is 6.43. The van der Waals surface area contributed by atoms with Gasteiger partial charge in [0.2, 0.25) is 0 Å². The molecule has 0 spiro atoms. The second-order valence-electron chi connectivity index (χ2n) is 9.21. The molecule has 5 heteroatoms. The number of piperidine rings is 1. The van der Waals surface area contributed by atoms with E-state index >= 15 is 0 Å². The van der Waals surface area contributed by atoms with Gasteiger partial charge in [-0.25, -0.2) is 0 Å². The highest BCUT2D eigenvalue weighted by molar-refractivity contribution is 5.98. The summed E-state index contributed by atoms with van der Waals surface area (Å²) in [7, 11) is 0. The van der Waals surface area contributed by atoms with Crippen LogP contribution in [0.4, 0.5) is 0 Å². The van der Waals surface area contributed by atoms with Crippen molar-refractivity contribution in [2.75, 3.05) is 13.1 Å². The molecule has 0 atom stereocenters. The monoisotopic (exact) mass is 376 g/mol. The predicted octanol–water partition coefficient (Wildman–Crippen LogP) is 4.70. The summed E-state index contributed by atoms with van der Waals surface area (Å²) in [6.45, 7) is 6.39. The lowest BCUT2D eigenvalue weighted by Crippen LogP contribution is -2.35. The standard InChI is InChI=1S/C23H28N4O/c1-23(2)9-8-17-20(14-23)25-26-21(17)19-12-15-6-7-16(13-18(15)24-19)22(28)27-10-4-3-5-11-27/h6-7,12-13,24H,3-5,8-11,14H2,1-2H3,(H,25,26). The van der Waals surface area contributed by atoms with E-state index < -0.39 is 0 Å². The normalized spacial score (nSPS) is 19.0. The zero-order valence-corrected chi connectivity index (χ0v) is 16.8. The van der Waals surface area contributed by atoms with Crippen LogP contribution in [0.25, 0.3) is 22.3 Å². The number of aromatic nitrogens is 3. The molecule has 1 fully saturated rings. The van der Waals surface area contributed by atoms with Gasteiger partial charge in [-0.2, -0.15) is 5.10 Å². The summed E-state index contributed by atoms with van der Waals surface area (Å²) in [5.41, 5.74) is 6.79. The SMILES string of the molecule is CC1(C)CCc2c(-c3cc4ccc(C(=O)N5CCCCC5)cc4[nH]3)n[nH]c2C1. The van der Waals surface area contributed by atoms with Crippen LogP contribution in [0.1, 0.15) is 61.1 Å². The van der Waals surface area contributed by atoms with Crippen molar-refractivity contribution in [1.29, 1.82) is 0 Å². The Morgan fingerprint density at radius 1 is 1.14 bits per heavy atom. The number of fused-ring (bicyclic) bond motifs is 2. The van der Waals surface area contributed by atoms with Crippen LogP contribution < -0.4 is 0 Å². The van der Waals surface area contributed by atoms with Gasteiger partial charge in [0, 0.05) is 40.8 Å². The first-order valence-electron chi connectivity index (χ1n) is 10.5. The summed E-state index contributed by atoms with van der Waals surface area (Å²) in [5.74, 6) is 0.150. The Hall–Kier alpha value is -2.56. The third kappa shape index (κ3) is 3.03. The summed E-state index contributed by atoms with van der Waals surface area (Å²) in [6, 6.07) is 8.16. The van der Waals surface area contributed by atoms with Crippen molar-refractivity contribution in [3.05, 3.63) is 41.1 Å². The van der Waals surface area contributed by atoms with E-state index in [0.29, 0.717) is 5.41 Å². The van der Waals surface area contributed by atoms with E-state index in [1.165, 1.54) is 24.1 Å². The van der Waals surface area contributed by atoms with Gasteiger partial charge in [0.15, 0.2) is 0 Å². The van der Waals surface area contributed by atoms with Gasteiger partial charge in [-0.1, -0.05) is 19.9 Å². The van der Waals surface area contributed by atoms with Gasteiger partial charge in [0.05, 0.1) is 5.69 Å². The molecule has 2 aromatic heterocycles. The van der Waals surface area contributed by atoms with Gasteiger partial charge >= 0.3 is 0 Å². The molecule has 0 bridgehead atoms. The number of nitrogens with zero attached hydrogens (tertiary/aromatic N) is 2. The Morgan fingerprint density at radius 3 is 2.79 bits per heavy atom. The molecule has 5 rings (SSSR count). The fourth-order valence-electron chi connectivity index (χ4n) is 4.74. The predicted molar refractivity (Wildman–Crippen MR) is 111 cm³/mol. The molecule has 1 aliphatic carbocycles. The first-order chi connectivity index (χ1) is 13.5. The van der Waals surface area contributed by atoms with Gasteiger partial charge < -0.3 is 9.88 Å². The smallest absolute Gasteiger partial charge is 0.253 e. The highest BCUT2D eigenvalue weighted by Crippen LogP contribution is 2.38. The van der Waals surface area contributed by atoms with Crippen molar-refractivity contribution >= 4 is 16.8 Å². The first kappa shape index (κ1) is 17.5. The number of rotatable bonds is 2. The molecule has 0 unspecified atom stereocenters. The van der Waals surface area contributed by atoms with E-state index in [9.17, 15) is 4.79 Å². The van der Waals surface area contributed by atoms with Crippen LogP contribution in [0.15, 0.2) is 24.3 Å². The maximum absolute atomic E-state index is 12.8. The highest BCUT2D eigenvalue weighted by Gasteiger charge is 2.29. The second kappa shape index (κ2) is 6.50. The Kier molecular flexibility index (Phi) is 4.07. The lowest BCUT2D eigenvalue weighted by molar-refractivity contribution is 0.0724. The number of carbonyl (C=O) groups is 1. The van der Waals surface area contributed by atoms with Crippen LogP contribution >= 0.6 is 0 Å². The summed E-state index contributed by atoms with van der Waals surface area (Å²) in [4.78, 5) is 18.3. The maximum atomic E-state index is 12.8. The number of benzene rings is 1. The van der Waals surface area contributed by atoms with Crippen LogP contribution in [0, 0.1) is 5.41 Å². The van der Waals surface area contributed by atoms with Crippen molar-refractivity contribution in [2.45, 2.75) is 52.4 Å². The number of carbonyl (C=O) groups excluding carboxylic acids is 1. The Balaban J connectivity index is 1.46. The van der Waals surface area contributed by atoms with Gasteiger partial charge in [-0.15, -0.1) is 0 Å². The number of nitrogens with one attached hydrogen (secondary N) is 2. The average molecular weight is 377 g/mol. The van der Waals surface area contributed by atoms with Crippen LogP contribution in [-0.2, 0) is 12.8 Å². The van der Waals surface area contributed by atoms with Crippen LogP contribution in [0.5, 0.6) is 0 Å². The Bertz CT molecular complexity index is 1040. The number of aromatic amines is 2. The molecule has 1 amide bonds. The summed E-state index contributed by atoms with van der Waals surface area (Å²) in [5, 5.41) is 9.02. The molecule has 3 aromatic rings. The lowest BCUT2D eigenvalue weighted by atomic mass is 9.76. The number of hydrogen-bond acceptors (Lipinski definition) is 2. The molecule has 2 N–H and O–H groups in total. The fourth-order valence-corrected chi connectivity index (χ4v) is 4.74. The first-order valence-corrected chi connectivity index (χ1v) is 10.5. The number of hydrogen-bond donors (Lipinski definition) is 2. The average Bonchev–Trinajstić information content (AvgIpc) is 3.29. The van der Waals surface area contributed by atoms with Crippen molar-refractivity contribution in [3.63, 3.8) is 0 Å². The van der Waals surface area contributed by atoms with Crippen molar-refractivity contribution < 1.29 is 4.79 Å². The third-order valence-corrected chi connectivity index (χ3v) is 6.43. The number of amides is 1. The van der Waals surface area contributed by atoms with Crippen LogP contribution in [0.3, 0.4) is 0 Å².